The molecule has 4 heterocycles. The fourth-order valence-corrected chi connectivity index (χ4v) is 4.98. The van der Waals surface area contributed by atoms with Gasteiger partial charge in [0.1, 0.15) is 0 Å². The number of tetrazole rings is 1. The van der Waals surface area contributed by atoms with E-state index in [1.54, 1.807) is 0 Å². The largest absolute Gasteiger partial charge is 0.342 e. The van der Waals surface area contributed by atoms with Crippen molar-refractivity contribution in [1.82, 2.24) is 35.1 Å². The number of aromatic nitrogens is 6. The highest BCUT2D eigenvalue weighted by Crippen LogP contribution is 2.28. The third-order valence-electron chi connectivity index (χ3n) is 6.64. The van der Waals surface area contributed by atoms with Gasteiger partial charge in [-0.1, -0.05) is 19.3 Å². The Bertz CT molecular complexity index is 894. The van der Waals surface area contributed by atoms with Crippen LogP contribution in [-0.2, 0) is 19.5 Å². The predicted octanol–water partition coefficient (Wildman–Crippen LogP) is 1.81. The molecule has 2 fully saturated rings. The third kappa shape index (κ3) is 3.92. The summed E-state index contributed by atoms with van der Waals surface area (Å²) in [6.07, 6.45) is 10.5. The van der Waals surface area contributed by atoms with E-state index in [2.05, 4.69) is 30.3 Å². The summed E-state index contributed by atoms with van der Waals surface area (Å²) in [6, 6.07) is 0.419. The van der Waals surface area contributed by atoms with E-state index in [4.69, 9.17) is 4.98 Å². The first kappa shape index (κ1) is 18.7. The molecule has 0 aromatic carbocycles. The van der Waals surface area contributed by atoms with Crippen LogP contribution in [0.4, 0.5) is 5.95 Å². The zero-order valence-electron chi connectivity index (χ0n) is 17.0. The lowest BCUT2D eigenvalue weighted by Gasteiger charge is -2.31. The van der Waals surface area contributed by atoms with Crippen LogP contribution in [0, 0.1) is 0 Å². The van der Waals surface area contributed by atoms with Crippen molar-refractivity contribution in [2.45, 2.75) is 76.9 Å². The molecule has 0 unspecified atom stereocenters. The molecule has 0 spiro atoms. The second-order valence-corrected chi connectivity index (χ2v) is 8.65. The Morgan fingerprint density at radius 2 is 1.79 bits per heavy atom. The fraction of sp³-hybridized carbons (Fsp3) is 0.750. The third-order valence-corrected chi connectivity index (χ3v) is 6.64. The number of aromatic amines is 1. The van der Waals surface area contributed by atoms with Crippen molar-refractivity contribution in [3.63, 3.8) is 0 Å². The summed E-state index contributed by atoms with van der Waals surface area (Å²) in [7, 11) is 0. The van der Waals surface area contributed by atoms with Crippen LogP contribution >= 0.6 is 0 Å². The standard InChI is InChI=1S/C20H30N8O/c29-19-16-13-26(14-18-23-24-25-28(18)15-7-3-1-4-8-15)12-9-17(16)21-20(22-19)27-10-5-2-6-11-27/h15H,1-14H2,(H,21,22,29). The van der Waals surface area contributed by atoms with Crippen molar-refractivity contribution < 1.29 is 0 Å². The van der Waals surface area contributed by atoms with Gasteiger partial charge < -0.3 is 4.90 Å². The number of hydrogen-bond acceptors (Lipinski definition) is 7. The molecule has 0 amide bonds. The van der Waals surface area contributed by atoms with Crippen LogP contribution in [0.1, 0.15) is 74.5 Å². The van der Waals surface area contributed by atoms with E-state index in [1.165, 1.54) is 38.5 Å². The van der Waals surface area contributed by atoms with Gasteiger partial charge >= 0.3 is 0 Å². The van der Waals surface area contributed by atoms with Crippen molar-refractivity contribution >= 4 is 5.95 Å². The van der Waals surface area contributed by atoms with Crippen LogP contribution in [0.25, 0.3) is 0 Å². The summed E-state index contributed by atoms with van der Waals surface area (Å²) < 4.78 is 2.02. The van der Waals surface area contributed by atoms with Crippen molar-refractivity contribution in [2.24, 2.45) is 0 Å². The van der Waals surface area contributed by atoms with E-state index < -0.39 is 0 Å². The summed E-state index contributed by atoms with van der Waals surface area (Å²) in [5, 5.41) is 12.5. The van der Waals surface area contributed by atoms with Gasteiger partial charge in [-0.3, -0.25) is 14.7 Å². The number of H-pyrrole nitrogens is 1. The number of rotatable bonds is 4. The zero-order valence-corrected chi connectivity index (χ0v) is 17.0. The molecule has 156 valence electrons. The molecule has 29 heavy (non-hydrogen) atoms. The first-order valence-corrected chi connectivity index (χ1v) is 11.1. The maximum absolute atomic E-state index is 12.8. The molecule has 0 radical (unpaired) electrons. The Kier molecular flexibility index (Phi) is 5.30. The van der Waals surface area contributed by atoms with Crippen LogP contribution in [-0.4, -0.2) is 54.7 Å². The Morgan fingerprint density at radius 3 is 2.62 bits per heavy atom. The van der Waals surface area contributed by atoms with Gasteiger partial charge in [-0.25, -0.2) is 9.67 Å². The van der Waals surface area contributed by atoms with Gasteiger partial charge in [0.25, 0.3) is 5.56 Å². The molecule has 2 aromatic rings. The highest BCUT2D eigenvalue weighted by molar-refractivity contribution is 5.34. The molecule has 0 bridgehead atoms. The smallest absolute Gasteiger partial charge is 0.257 e. The summed E-state index contributed by atoms with van der Waals surface area (Å²) in [5.41, 5.74) is 1.76. The number of nitrogens with one attached hydrogen (secondary N) is 1. The van der Waals surface area contributed by atoms with E-state index >= 15 is 0 Å². The molecule has 1 saturated carbocycles. The molecule has 1 aliphatic carbocycles. The molecule has 9 heteroatoms. The van der Waals surface area contributed by atoms with Gasteiger partial charge in [0, 0.05) is 32.6 Å². The quantitative estimate of drug-likeness (QED) is 0.839. The average Bonchev–Trinajstić information content (AvgIpc) is 3.23. The number of nitrogens with zero attached hydrogens (tertiary/aromatic N) is 7. The van der Waals surface area contributed by atoms with Crippen LogP contribution < -0.4 is 10.5 Å². The molecule has 5 rings (SSSR count). The zero-order chi connectivity index (χ0) is 19.6. The second kappa shape index (κ2) is 8.22. The SMILES string of the molecule is O=c1[nH]c(N2CCCCC2)nc2c1CN(Cc1nnnn1C1CCCCC1)CC2. The normalized spacial score (nSPS) is 21.3. The number of hydrogen-bond donors (Lipinski definition) is 1. The molecule has 2 aliphatic heterocycles. The minimum absolute atomic E-state index is 0.00662. The second-order valence-electron chi connectivity index (χ2n) is 8.65. The maximum atomic E-state index is 12.8. The lowest BCUT2D eigenvalue weighted by molar-refractivity contribution is 0.222. The lowest BCUT2D eigenvalue weighted by atomic mass is 9.95. The molecular formula is C20H30N8O. The van der Waals surface area contributed by atoms with E-state index in [-0.39, 0.29) is 5.56 Å². The van der Waals surface area contributed by atoms with Crippen LogP contribution in [0.2, 0.25) is 0 Å². The summed E-state index contributed by atoms with van der Waals surface area (Å²) >= 11 is 0. The first-order valence-electron chi connectivity index (χ1n) is 11.1. The molecular weight excluding hydrogens is 368 g/mol. The topological polar surface area (TPSA) is 95.8 Å². The monoisotopic (exact) mass is 398 g/mol. The Morgan fingerprint density at radius 1 is 1.00 bits per heavy atom. The Hall–Kier alpha value is -2.29. The average molecular weight is 399 g/mol. The maximum Gasteiger partial charge on any atom is 0.257 e. The van der Waals surface area contributed by atoms with E-state index in [1.807, 2.05) is 4.68 Å². The van der Waals surface area contributed by atoms with Gasteiger partial charge in [-0.2, -0.15) is 0 Å². The minimum Gasteiger partial charge on any atom is -0.342 e. The molecule has 0 atom stereocenters. The predicted molar refractivity (Wildman–Crippen MR) is 109 cm³/mol. The summed E-state index contributed by atoms with van der Waals surface area (Å²) in [4.78, 5) is 25.1. The van der Waals surface area contributed by atoms with E-state index in [9.17, 15) is 4.79 Å². The molecule has 1 saturated heterocycles. The highest BCUT2D eigenvalue weighted by Gasteiger charge is 2.26. The molecule has 3 aliphatic rings. The van der Waals surface area contributed by atoms with Gasteiger partial charge in [0.05, 0.1) is 23.8 Å². The van der Waals surface area contributed by atoms with Gasteiger partial charge in [0.15, 0.2) is 5.82 Å². The number of piperidine rings is 1. The van der Waals surface area contributed by atoms with Crippen LogP contribution in [0.3, 0.4) is 0 Å². The Labute approximate surface area is 170 Å². The van der Waals surface area contributed by atoms with Gasteiger partial charge in [-0.15, -0.1) is 5.10 Å². The van der Waals surface area contributed by atoms with E-state index in [0.29, 0.717) is 19.1 Å². The number of fused-ring (bicyclic) bond motifs is 1. The van der Waals surface area contributed by atoms with Gasteiger partial charge in [0.2, 0.25) is 5.95 Å². The van der Waals surface area contributed by atoms with Gasteiger partial charge in [-0.05, 0) is 42.5 Å². The van der Waals surface area contributed by atoms with E-state index in [0.717, 1.165) is 61.9 Å². The molecule has 1 N–H and O–H groups in total. The highest BCUT2D eigenvalue weighted by atomic mass is 16.1. The lowest BCUT2D eigenvalue weighted by Crippen LogP contribution is -2.38. The van der Waals surface area contributed by atoms with Crippen LogP contribution in [0.5, 0.6) is 0 Å². The first-order chi connectivity index (χ1) is 14.3. The fourth-order valence-electron chi connectivity index (χ4n) is 4.98. The van der Waals surface area contributed by atoms with Crippen molar-refractivity contribution in [3.8, 4) is 0 Å². The molecule has 9 nitrogen and oxygen atoms in total. The molecule has 2 aromatic heterocycles. The Balaban J connectivity index is 1.30. The minimum atomic E-state index is 0.00662. The van der Waals surface area contributed by atoms with Crippen molar-refractivity contribution in [2.75, 3.05) is 24.5 Å². The van der Waals surface area contributed by atoms with Crippen molar-refractivity contribution in [1.29, 1.82) is 0 Å². The van der Waals surface area contributed by atoms with Crippen molar-refractivity contribution in [3.05, 3.63) is 27.4 Å². The summed E-state index contributed by atoms with van der Waals surface area (Å²) in [5.74, 6) is 1.66. The van der Waals surface area contributed by atoms with Crippen LogP contribution in [0.15, 0.2) is 4.79 Å². The summed E-state index contributed by atoms with van der Waals surface area (Å²) in [6.45, 7) is 4.13. The number of anilines is 1.